The summed E-state index contributed by atoms with van der Waals surface area (Å²) >= 11 is 18.1. The van der Waals surface area contributed by atoms with Gasteiger partial charge in [0, 0.05) is 28.2 Å². The average molecular weight is 458 g/mol. The highest BCUT2D eigenvalue weighted by molar-refractivity contribution is 6.35. The number of ether oxygens (including phenoxy) is 1. The Labute approximate surface area is 185 Å². The molecular formula is C21H23Cl3N2O3. The first-order valence-electron chi connectivity index (χ1n) is 9.25. The number of carbonyl (C=O) groups excluding carboxylic acids is 2. The normalized spacial score (nSPS) is 11.6. The quantitative estimate of drug-likeness (QED) is 0.578. The maximum atomic E-state index is 13.0. The second-order valence-corrected chi connectivity index (χ2v) is 7.60. The molecule has 0 fully saturated rings. The average Bonchev–Trinajstić information content (AvgIpc) is 2.69. The van der Waals surface area contributed by atoms with Crippen LogP contribution in [0.5, 0.6) is 5.75 Å². The van der Waals surface area contributed by atoms with E-state index in [0.29, 0.717) is 39.3 Å². The van der Waals surface area contributed by atoms with Crippen molar-refractivity contribution in [2.24, 2.45) is 0 Å². The first kappa shape index (κ1) is 23.3. The molecule has 0 heterocycles. The van der Waals surface area contributed by atoms with E-state index in [2.05, 4.69) is 5.32 Å². The number of hydrogen-bond donors (Lipinski definition) is 1. The van der Waals surface area contributed by atoms with Crippen LogP contribution in [-0.2, 0) is 16.1 Å². The Bertz CT molecular complexity index is 844. The molecule has 0 saturated carbocycles. The van der Waals surface area contributed by atoms with E-state index in [1.165, 1.54) is 4.90 Å². The number of halogens is 3. The van der Waals surface area contributed by atoms with E-state index in [9.17, 15) is 9.59 Å². The molecule has 8 heteroatoms. The van der Waals surface area contributed by atoms with Gasteiger partial charge in [0.05, 0.1) is 0 Å². The van der Waals surface area contributed by atoms with Crippen LogP contribution in [0.25, 0.3) is 0 Å². The fraction of sp³-hybridized carbons (Fsp3) is 0.333. The molecule has 2 rings (SSSR count). The smallest absolute Gasteiger partial charge is 0.261 e. The van der Waals surface area contributed by atoms with E-state index >= 15 is 0 Å². The van der Waals surface area contributed by atoms with Gasteiger partial charge in [-0.1, -0.05) is 47.8 Å². The molecule has 0 unspecified atom stereocenters. The van der Waals surface area contributed by atoms with Crippen molar-refractivity contribution in [3.63, 3.8) is 0 Å². The number of rotatable bonds is 9. The van der Waals surface area contributed by atoms with Crippen molar-refractivity contribution in [1.82, 2.24) is 10.2 Å². The third kappa shape index (κ3) is 6.81. The Morgan fingerprint density at radius 3 is 2.28 bits per heavy atom. The predicted molar refractivity (Wildman–Crippen MR) is 117 cm³/mol. The molecule has 0 aliphatic rings. The molecule has 29 heavy (non-hydrogen) atoms. The Hall–Kier alpha value is -1.95. The minimum absolute atomic E-state index is 0.161. The van der Waals surface area contributed by atoms with Gasteiger partial charge in [0.1, 0.15) is 11.8 Å². The lowest BCUT2D eigenvalue weighted by molar-refractivity contribution is -0.142. The van der Waals surface area contributed by atoms with Gasteiger partial charge in [0.2, 0.25) is 5.91 Å². The van der Waals surface area contributed by atoms with Crippen molar-refractivity contribution in [2.45, 2.75) is 32.9 Å². The summed E-state index contributed by atoms with van der Waals surface area (Å²) in [4.78, 5) is 27.0. The summed E-state index contributed by atoms with van der Waals surface area (Å²) < 4.78 is 5.59. The summed E-state index contributed by atoms with van der Waals surface area (Å²) in [7, 11) is 0. The Morgan fingerprint density at radius 1 is 1.03 bits per heavy atom. The highest BCUT2D eigenvalue weighted by atomic mass is 35.5. The monoisotopic (exact) mass is 456 g/mol. The Morgan fingerprint density at radius 2 is 1.69 bits per heavy atom. The van der Waals surface area contributed by atoms with Gasteiger partial charge in [-0.3, -0.25) is 9.59 Å². The van der Waals surface area contributed by atoms with Crippen molar-refractivity contribution in [1.29, 1.82) is 0 Å². The number of hydrogen-bond acceptors (Lipinski definition) is 3. The topological polar surface area (TPSA) is 58.6 Å². The van der Waals surface area contributed by atoms with E-state index < -0.39 is 6.04 Å². The minimum Gasteiger partial charge on any atom is -0.484 e. The van der Waals surface area contributed by atoms with Crippen LogP contribution in [-0.4, -0.2) is 35.9 Å². The fourth-order valence-corrected chi connectivity index (χ4v) is 3.40. The van der Waals surface area contributed by atoms with Gasteiger partial charge >= 0.3 is 0 Å². The van der Waals surface area contributed by atoms with Crippen LogP contribution in [0.3, 0.4) is 0 Å². The third-order valence-corrected chi connectivity index (χ3v) is 5.11. The molecule has 0 aromatic heterocycles. The van der Waals surface area contributed by atoms with Crippen LogP contribution in [0.4, 0.5) is 0 Å². The molecule has 2 amide bonds. The largest absolute Gasteiger partial charge is 0.484 e. The van der Waals surface area contributed by atoms with Gasteiger partial charge in [-0.2, -0.15) is 0 Å². The lowest BCUT2D eigenvalue weighted by Crippen LogP contribution is -2.50. The number of nitrogens with zero attached hydrogens (tertiary/aromatic N) is 1. The van der Waals surface area contributed by atoms with Gasteiger partial charge in [0.25, 0.3) is 5.91 Å². The third-order valence-electron chi connectivity index (χ3n) is 4.27. The van der Waals surface area contributed by atoms with Gasteiger partial charge < -0.3 is 15.0 Å². The highest BCUT2D eigenvalue weighted by Crippen LogP contribution is 2.24. The molecule has 0 radical (unpaired) electrons. The molecular weight excluding hydrogens is 435 g/mol. The van der Waals surface area contributed by atoms with Crippen molar-refractivity contribution >= 4 is 46.6 Å². The molecule has 156 valence electrons. The zero-order valence-corrected chi connectivity index (χ0v) is 18.5. The predicted octanol–water partition coefficient (Wildman–Crippen LogP) is 4.97. The number of likely N-dealkylation sites (N-methyl/N-ethyl adjacent to an activating group) is 1. The highest BCUT2D eigenvalue weighted by Gasteiger charge is 2.29. The van der Waals surface area contributed by atoms with Gasteiger partial charge in [-0.15, -0.1) is 0 Å². The zero-order valence-electron chi connectivity index (χ0n) is 16.3. The molecule has 0 spiro atoms. The van der Waals surface area contributed by atoms with Crippen LogP contribution in [0, 0.1) is 0 Å². The van der Waals surface area contributed by atoms with E-state index in [0.717, 1.165) is 0 Å². The fourth-order valence-electron chi connectivity index (χ4n) is 2.80. The van der Waals surface area contributed by atoms with Gasteiger partial charge in [-0.25, -0.2) is 0 Å². The summed E-state index contributed by atoms with van der Waals surface area (Å²) in [6.45, 7) is 4.09. The summed E-state index contributed by atoms with van der Waals surface area (Å²) in [6, 6.07) is 11.1. The second-order valence-electron chi connectivity index (χ2n) is 6.32. The molecule has 0 aliphatic heterocycles. The maximum Gasteiger partial charge on any atom is 0.261 e. The molecule has 1 N–H and O–H groups in total. The van der Waals surface area contributed by atoms with Gasteiger partial charge in [-0.05, 0) is 55.3 Å². The summed E-state index contributed by atoms with van der Waals surface area (Å²) in [5, 5.41) is 4.28. The molecule has 2 aromatic carbocycles. The lowest BCUT2D eigenvalue weighted by atomic mass is 10.1. The minimum atomic E-state index is -0.650. The number of benzene rings is 2. The van der Waals surface area contributed by atoms with Crippen LogP contribution in [0.1, 0.15) is 25.8 Å². The van der Waals surface area contributed by atoms with Crippen LogP contribution in [0.2, 0.25) is 15.1 Å². The van der Waals surface area contributed by atoms with Crippen LogP contribution >= 0.6 is 34.8 Å². The Kier molecular flexibility index (Phi) is 9.08. The molecule has 0 bridgehead atoms. The van der Waals surface area contributed by atoms with Crippen molar-refractivity contribution in [2.75, 3.05) is 13.2 Å². The van der Waals surface area contributed by atoms with E-state index in [1.54, 1.807) is 42.5 Å². The molecule has 2 aromatic rings. The van der Waals surface area contributed by atoms with E-state index in [-0.39, 0.29) is 25.0 Å². The van der Waals surface area contributed by atoms with Crippen molar-refractivity contribution < 1.29 is 14.3 Å². The van der Waals surface area contributed by atoms with Gasteiger partial charge in [0.15, 0.2) is 6.61 Å². The zero-order chi connectivity index (χ0) is 21.4. The molecule has 0 aliphatic carbocycles. The molecule has 0 saturated heterocycles. The summed E-state index contributed by atoms with van der Waals surface area (Å²) in [6.07, 6.45) is 0.448. The summed E-state index contributed by atoms with van der Waals surface area (Å²) in [5.41, 5.74) is 0.693. The number of carbonyl (C=O) groups is 2. The van der Waals surface area contributed by atoms with Crippen molar-refractivity contribution in [3.8, 4) is 5.75 Å². The van der Waals surface area contributed by atoms with E-state index in [4.69, 9.17) is 39.5 Å². The van der Waals surface area contributed by atoms with Crippen molar-refractivity contribution in [3.05, 3.63) is 63.1 Å². The standard InChI is InChI=1S/C21H23Cl3N2O3/c1-3-19(21(28)25-4-2)26(12-14-5-6-16(23)11-18(14)24)20(27)13-29-17-9-7-15(22)8-10-17/h5-11,19H,3-4,12-13H2,1-2H3,(H,25,28)/t19-/m1/s1. The molecule has 5 nitrogen and oxygen atoms in total. The lowest BCUT2D eigenvalue weighted by Gasteiger charge is -2.30. The summed E-state index contributed by atoms with van der Waals surface area (Å²) in [5.74, 6) is -0.0396. The van der Waals surface area contributed by atoms with E-state index in [1.807, 2.05) is 13.8 Å². The number of amides is 2. The SMILES string of the molecule is CCNC(=O)[C@@H](CC)N(Cc1ccc(Cl)cc1Cl)C(=O)COc1ccc(Cl)cc1. The first-order valence-corrected chi connectivity index (χ1v) is 10.4. The first-order chi connectivity index (χ1) is 13.8. The maximum absolute atomic E-state index is 13.0. The van der Waals surface area contributed by atoms with Crippen LogP contribution < -0.4 is 10.1 Å². The molecule has 1 atom stereocenters. The Balaban J connectivity index is 2.22. The number of nitrogens with one attached hydrogen (secondary N) is 1. The second kappa shape index (κ2) is 11.3. The van der Waals surface area contributed by atoms with Crippen LogP contribution in [0.15, 0.2) is 42.5 Å².